The highest BCUT2D eigenvalue weighted by molar-refractivity contribution is 5.96. The monoisotopic (exact) mass is 368 g/mol. The van der Waals surface area contributed by atoms with Gasteiger partial charge in [-0.2, -0.15) is 0 Å². The van der Waals surface area contributed by atoms with Crippen molar-refractivity contribution in [3.8, 4) is 0 Å². The normalized spacial score (nSPS) is 13.5. The summed E-state index contributed by atoms with van der Waals surface area (Å²) in [6.07, 6.45) is 1.46. The second kappa shape index (κ2) is 7.86. The third kappa shape index (κ3) is 4.41. The maximum atomic E-state index is 12.1. The fourth-order valence-electron chi connectivity index (χ4n) is 2.96. The molecule has 1 fully saturated rings. The average Bonchev–Trinajstić information content (AvgIpc) is 3.08. The molecule has 140 valence electrons. The minimum atomic E-state index is -0.473. The van der Waals surface area contributed by atoms with E-state index in [0.29, 0.717) is 17.7 Å². The number of nitro benzene ring substituents is 1. The highest BCUT2D eigenvalue weighted by atomic mass is 16.6. The van der Waals surface area contributed by atoms with Gasteiger partial charge < -0.3 is 15.5 Å². The third-order valence-corrected chi connectivity index (χ3v) is 4.40. The Kier molecular flexibility index (Phi) is 5.35. The van der Waals surface area contributed by atoms with Crippen molar-refractivity contribution in [2.75, 3.05) is 28.6 Å². The minimum Gasteiger partial charge on any atom is -0.376 e. The van der Waals surface area contributed by atoms with Gasteiger partial charge in [-0.1, -0.05) is 0 Å². The van der Waals surface area contributed by atoms with E-state index >= 15 is 0 Å². The van der Waals surface area contributed by atoms with E-state index in [1.165, 1.54) is 18.2 Å². The molecule has 0 spiro atoms. The van der Waals surface area contributed by atoms with E-state index in [2.05, 4.69) is 10.6 Å². The van der Waals surface area contributed by atoms with Crippen molar-refractivity contribution in [3.05, 3.63) is 58.1 Å². The molecule has 2 aromatic carbocycles. The number of carbonyl (C=O) groups is 2. The molecule has 0 radical (unpaired) electrons. The molecule has 1 aliphatic rings. The van der Waals surface area contributed by atoms with Crippen LogP contribution in [-0.4, -0.2) is 29.8 Å². The molecule has 1 aliphatic heterocycles. The van der Waals surface area contributed by atoms with Crippen molar-refractivity contribution in [2.24, 2.45) is 0 Å². The van der Waals surface area contributed by atoms with Gasteiger partial charge in [-0.3, -0.25) is 19.7 Å². The molecule has 0 unspecified atom stereocenters. The maximum absolute atomic E-state index is 12.1. The zero-order valence-corrected chi connectivity index (χ0v) is 14.9. The minimum absolute atomic E-state index is 0.0137. The number of hydrogen-bond acceptors (Lipinski definition) is 5. The van der Waals surface area contributed by atoms with Crippen LogP contribution in [0.15, 0.2) is 42.5 Å². The average molecular weight is 368 g/mol. The fraction of sp³-hybridized carbons (Fsp3) is 0.263. The zero-order valence-electron chi connectivity index (χ0n) is 14.9. The topological polar surface area (TPSA) is 105 Å². The van der Waals surface area contributed by atoms with Crippen LogP contribution >= 0.6 is 0 Å². The van der Waals surface area contributed by atoms with Crippen molar-refractivity contribution in [1.29, 1.82) is 0 Å². The number of aryl methyl sites for hydroxylation is 1. The van der Waals surface area contributed by atoms with E-state index in [-0.39, 0.29) is 24.0 Å². The summed E-state index contributed by atoms with van der Waals surface area (Å²) in [6, 6.07) is 11.6. The predicted octanol–water partition coefficient (Wildman–Crippen LogP) is 3.08. The molecule has 1 heterocycles. The lowest BCUT2D eigenvalue weighted by molar-refractivity contribution is -0.384. The van der Waals surface area contributed by atoms with Gasteiger partial charge in [0.1, 0.15) is 0 Å². The van der Waals surface area contributed by atoms with Gasteiger partial charge in [0.2, 0.25) is 11.8 Å². The lowest BCUT2D eigenvalue weighted by atomic mass is 10.2. The third-order valence-electron chi connectivity index (χ3n) is 4.40. The van der Waals surface area contributed by atoms with Crippen molar-refractivity contribution < 1.29 is 14.5 Å². The van der Waals surface area contributed by atoms with Crippen LogP contribution in [0.2, 0.25) is 0 Å². The van der Waals surface area contributed by atoms with Crippen LogP contribution < -0.4 is 15.5 Å². The molecule has 2 amide bonds. The van der Waals surface area contributed by atoms with E-state index in [1.54, 1.807) is 11.8 Å². The van der Waals surface area contributed by atoms with E-state index < -0.39 is 4.92 Å². The summed E-state index contributed by atoms with van der Waals surface area (Å²) in [5.41, 5.74) is 2.77. The highest BCUT2D eigenvalue weighted by Gasteiger charge is 2.21. The van der Waals surface area contributed by atoms with Crippen LogP contribution in [0.3, 0.4) is 0 Å². The lowest BCUT2D eigenvalue weighted by Gasteiger charge is -2.16. The van der Waals surface area contributed by atoms with Crippen LogP contribution in [-0.2, 0) is 9.59 Å². The molecule has 0 bridgehead atoms. The quantitative estimate of drug-likeness (QED) is 0.602. The summed E-state index contributed by atoms with van der Waals surface area (Å²) in [4.78, 5) is 35.9. The number of carbonyl (C=O) groups excluding carboxylic acids is 2. The highest BCUT2D eigenvalue weighted by Crippen LogP contribution is 2.23. The number of nitrogens with zero attached hydrogens (tertiary/aromatic N) is 2. The smallest absolute Gasteiger partial charge is 0.269 e. The molecule has 0 atom stereocenters. The van der Waals surface area contributed by atoms with Gasteiger partial charge in [0.05, 0.1) is 11.5 Å². The van der Waals surface area contributed by atoms with E-state index in [0.717, 1.165) is 24.3 Å². The number of benzene rings is 2. The van der Waals surface area contributed by atoms with Gasteiger partial charge in [0.15, 0.2) is 0 Å². The Morgan fingerprint density at radius 2 is 1.96 bits per heavy atom. The number of amides is 2. The first-order valence-corrected chi connectivity index (χ1v) is 8.63. The number of nitrogens with one attached hydrogen (secondary N) is 2. The van der Waals surface area contributed by atoms with Crippen LogP contribution in [0.25, 0.3) is 0 Å². The molecule has 27 heavy (non-hydrogen) atoms. The fourth-order valence-corrected chi connectivity index (χ4v) is 2.96. The van der Waals surface area contributed by atoms with Gasteiger partial charge in [0.25, 0.3) is 5.69 Å². The molecule has 2 N–H and O–H groups in total. The van der Waals surface area contributed by atoms with Crippen LogP contribution in [0.4, 0.5) is 22.7 Å². The molecule has 0 aromatic heterocycles. The molecular formula is C19H20N4O4. The number of non-ortho nitro benzene ring substituents is 1. The van der Waals surface area contributed by atoms with Crippen LogP contribution in [0.1, 0.15) is 18.4 Å². The number of rotatable bonds is 6. The summed E-state index contributed by atoms with van der Waals surface area (Å²) < 4.78 is 0. The number of hydrogen-bond donors (Lipinski definition) is 2. The largest absolute Gasteiger partial charge is 0.376 e. The van der Waals surface area contributed by atoms with Crippen LogP contribution in [0, 0.1) is 17.0 Å². The molecule has 0 aliphatic carbocycles. The summed E-state index contributed by atoms with van der Waals surface area (Å²) in [7, 11) is 0. The first-order chi connectivity index (χ1) is 12.9. The summed E-state index contributed by atoms with van der Waals surface area (Å²) >= 11 is 0. The summed E-state index contributed by atoms with van der Waals surface area (Å²) in [6.45, 7) is 2.50. The number of nitro groups is 1. The van der Waals surface area contributed by atoms with E-state index in [1.807, 2.05) is 24.3 Å². The van der Waals surface area contributed by atoms with E-state index in [9.17, 15) is 19.7 Å². The molecule has 1 saturated heterocycles. The zero-order chi connectivity index (χ0) is 19.4. The Morgan fingerprint density at radius 1 is 1.22 bits per heavy atom. The van der Waals surface area contributed by atoms with Gasteiger partial charge in [-0.25, -0.2) is 0 Å². The van der Waals surface area contributed by atoms with Crippen LogP contribution in [0.5, 0.6) is 0 Å². The van der Waals surface area contributed by atoms with Crippen molar-refractivity contribution in [2.45, 2.75) is 19.8 Å². The summed E-state index contributed by atoms with van der Waals surface area (Å²) in [5, 5.41) is 16.5. The van der Waals surface area contributed by atoms with Crippen molar-refractivity contribution >= 4 is 34.6 Å². The Hall–Kier alpha value is -3.42. The lowest BCUT2D eigenvalue weighted by Crippen LogP contribution is -2.24. The van der Waals surface area contributed by atoms with Gasteiger partial charge in [-0.15, -0.1) is 0 Å². The number of anilines is 3. The van der Waals surface area contributed by atoms with Gasteiger partial charge in [-0.05, 0) is 49.2 Å². The standard InChI is InChI=1S/C19H20N4O4/c1-13-11-16(23(26)27)8-9-17(13)21-18(24)12-20-14-4-6-15(7-5-14)22-10-2-3-19(22)25/h4-9,11,20H,2-3,10,12H2,1H3,(H,21,24). The maximum Gasteiger partial charge on any atom is 0.269 e. The van der Waals surface area contributed by atoms with Gasteiger partial charge in [0, 0.05) is 42.2 Å². The Morgan fingerprint density at radius 3 is 2.56 bits per heavy atom. The second-order valence-electron chi connectivity index (χ2n) is 6.35. The second-order valence-corrected chi connectivity index (χ2v) is 6.35. The van der Waals surface area contributed by atoms with Crippen molar-refractivity contribution in [1.82, 2.24) is 0 Å². The first-order valence-electron chi connectivity index (χ1n) is 8.63. The molecule has 3 rings (SSSR count). The summed E-state index contributed by atoms with van der Waals surface area (Å²) in [5.74, 6) is -0.126. The van der Waals surface area contributed by atoms with E-state index in [4.69, 9.17) is 0 Å². The molecular weight excluding hydrogens is 348 g/mol. The SMILES string of the molecule is Cc1cc([N+](=O)[O-])ccc1NC(=O)CNc1ccc(N2CCCC2=O)cc1. The molecule has 0 saturated carbocycles. The first kappa shape index (κ1) is 18.4. The predicted molar refractivity (Wildman–Crippen MR) is 103 cm³/mol. The molecule has 8 heteroatoms. The Balaban J connectivity index is 1.54. The van der Waals surface area contributed by atoms with Gasteiger partial charge >= 0.3 is 0 Å². The Bertz CT molecular complexity index is 880. The molecule has 2 aromatic rings. The van der Waals surface area contributed by atoms with Crippen molar-refractivity contribution in [3.63, 3.8) is 0 Å². The Labute approximate surface area is 156 Å². The molecule has 8 nitrogen and oxygen atoms in total.